The van der Waals surface area contributed by atoms with Crippen molar-refractivity contribution in [2.24, 2.45) is 0 Å². The first-order chi connectivity index (χ1) is 10.2. The summed E-state index contributed by atoms with van der Waals surface area (Å²) in [5.74, 6) is 0.276. The van der Waals surface area contributed by atoms with Gasteiger partial charge in [-0.15, -0.1) is 0 Å². The standard InChI is InChI=1S/C17H23FN2O/c1-3-4-5-6-13(2)19-11-16-12-21-17(20-16)14-7-9-15(18)10-8-14/h7-10,12-13,19H,3-6,11H2,1-2H3. The lowest BCUT2D eigenvalue weighted by Crippen LogP contribution is -2.25. The minimum Gasteiger partial charge on any atom is -0.444 e. The molecule has 2 rings (SSSR count). The molecule has 0 saturated carbocycles. The maximum Gasteiger partial charge on any atom is 0.226 e. The van der Waals surface area contributed by atoms with Gasteiger partial charge in [0.25, 0.3) is 0 Å². The Kier molecular flexibility index (Phi) is 5.93. The van der Waals surface area contributed by atoms with Crippen LogP contribution in [0.5, 0.6) is 0 Å². The molecule has 0 bridgehead atoms. The maximum atomic E-state index is 12.9. The Morgan fingerprint density at radius 2 is 2.00 bits per heavy atom. The first-order valence-corrected chi connectivity index (χ1v) is 7.62. The molecule has 114 valence electrons. The first-order valence-electron chi connectivity index (χ1n) is 7.62. The fourth-order valence-electron chi connectivity index (χ4n) is 2.19. The predicted molar refractivity (Wildman–Crippen MR) is 82.3 cm³/mol. The van der Waals surface area contributed by atoms with Crippen LogP contribution in [0.1, 0.15) is 45.2 Å². The molecule has 1 unspecified atom stereocenters. The summed E-state index contributed by atoms with van der Waals surface area (Å²) in [4.78, 5) is 4.43. The van der Waals surface area contributed by atoms with Crippen molar-refractivity contribution < 1.29 is 8.81 Å². The average molecular weight is 290 g/mol. The maximum absolute atomic E-state index is 12.9. The topological polar surface area (TPSA) is 38.1 Å². The van der Waals surface area contributed by atoms with Crippen molar-refractivity contribution >= 4 is 0 Å². The molecule has 2 aromatic rings. The zero-order valence-electron chi connectivity index (χ0n) is 12.7. The van der Waals surface area contributed by atoms with Gasteiger partial charge in [-0.1, -0.05) is 26.2 Å². The van der Waals surface area contributed by atoms with Crippen molar-refractivity contribution in [1.82, 2.24) is 10.3 Å². The fourth-order valence-corrected chi connectivity index (χ4v) is 2.19. The van der Waals surface area contributed by atoms with Gasteiger partial charge in [0.2, 0.25) is 5.89 Å². The van der Waals surface area contributed by atoms with Crippen LogP contribution in [0.2, 0.25) is 0 Å². The Morgan fingerprint density at radius 3 is 2.71 bits per heavy atom. The molecular formula is C17H23FN2O. The van der Waals surface area contributed by atoms with E-state index in [2.05, 4.69) is 24.1 Å². The summed E-state index contributed by atoms with van der Waals surface area (Å²) in [7, 11) is 0. The van der Waals surface area contributed by atoms with Crippen LogP contribution in [-0.4, -0.2) is 11.0 Å². The van der Waals surface area contributed by atoms with E-state index in [-0.39, 0.29) is 5.82 Å². The van der Waals surface area contributed by atoms with Gasteiger partial charge in [-0.25, -0.2) is 9.37 Å². The summed E-state index contributed by atoms with van der Waals surface area (Å²) in [6, 6.07) is 6.64. The van der Waals surface area contributed by atoms with E-state index in [0.29, 0.717) is 18.5 Å². The second kappa shape index (κ2) is 7.93. The lowest BCUT2D eigenvalue weighted by molar-refractivity contribution is 0.483. The SMILES string of the molecule is CCCCCC(C)NCc1coc(-c2ccc(F)cc2)n1. The summed E-state index contributed by atoms with van der Waals surface area (Å²) in [5.41, 5.74) is 1.66. The van der Waals surface area contributed by atoms with Gasteiger partial charge in [0.15, 0.2) is 0 Å². The molecule has 0 saturated heterocycles. The second-order valence-electron chi connectivity index (χ2n) is 5.43. The highest BCUT2D eigenvalue weighted by molar-refractivity contribution is 5.52. The van der Waals surface area contributed by atoms with E-state index in [0.717, 1.165) is 11.3 Å². The van der Waals surface area contributed by atoms with E-state index in [1.54, 1.807) is 18.4 Å². The van der Waals surface area contributed by atoms with Crippen molar-refractivity contribution in [2.75, 3.05) is 0 Å². The van der Waals surface area contributed by atoms with Crippen LogP contribution in [0, 0.1) is 5.82 Å². The largest absolute Gasteiger partial charge is 0.444 e. The number of hydrogen-bond acceptors (Lipinski definition) is 3. The first kappa shape index (κ1) is 15.7. The molecule has 4 heteroatoms. The molecule has 0 fully saturated rings. The van der Waals surface area contributed by atoms with Crippen LogP contribution in [0.15, 0.2) is 34.9 Å². The molecule has 0 aliphatic heterocycles. The second-order valence-corrected chi connectivity index (χ2v) is 5.43. The van der Waals surface area contributed by atoms with Crippen LogP contribution in [-0.2, 0) is 6.54 Å². The predicted octanol–water partition coefficient (Wildman–Crippen LogP) is 4.54. The minimum absolute atomic E-state index is 0.256. The smallest absolute Gasteiger partial charge is 0.226 e. The van der Waals surface area contributed by atoms with Crippen molar-refractivity contribution in [3.8, 4) is 11.5 Å². The Labute approximate surface area is 125 Å². The molecule has 0 aliphatic carbocycles. The third kappa shape index (κ3) is 4.97. The van der Waals surface area contributed by atoms with E-state index in [1.807, 2.05) is 0 Å². The van der Waals surface area contributed by atoms with E-state index >= 15 is 0 Å². The monoisotopic (exact) mass is 290 g/mol. The molecule has 0 radical (unpaired) electrons. The molecule has 0 amide bonds. The van der Waals surface area contributed by atoms with Crippen LogP contribution in [0.25, 0.3) is 11.5 Å². The Hall–Kier alpha value is -1.68. The highest BCUT2D eigenvalue weighted by Gasteiger charge is 2.08. The summed E-state index contributed by atoms with van der Waals surface area (Å²) >= 11 is 0. The van der Waals surface area contributed by atoms with E-state index in [1.165, 1.54) is 37.8 Å². The zero-order chi connectivity index (χ0) is 15.1. The minimum atomic E-state index is -0.256. The van der Waals surface area contributed by atoms with E-state index in [4.69, 9.17) is 4.42 Å². The number of benzene rings is 1. The zero-order valence-corrected chi connectivity index (χ0v) is 12.7. The summed E-state index contributed by atoms with van der Waals surface area (Å²) in [6.45, 7) is 5.10. The molecule has 0 aliphatic rings. The van der Waals surface area contributed by atoms with Crippen molar-refractivity contribution in [3.63, 3.8) is 0 Å². The van der Waals surface area contributed by atoms with Gasteiger partial charge in [-0.05, 0) is 37.6 Å². The van der Waals surface area contributed by atoms with Gasteiger partial charge >= 0.3 is 0 Å². The number of oxazole rings is 1. The normalized spacial score (nSPS) is 12.5. The van der Waals surface area contributed by atoms with Gasteiger partial charge in [0.05, 0.1) is 5.69 Å². The summed E-state index contributed by atoms with van der Waals surface area (Å²) in [5, 5.41) is 3.45. The fraction of sp³-hybridized carbons (Fsp3) is 0.471. The van der Waals surface area contributed by atoms with Crippen LogP contribution in [0.4, 0.5) is 4.39 Å². The Morgan fingerprint density at radius 1 is 1.24 bits per heavy atom. The van der Waals surface area contributed by atoms with Gasteiger partial charge < -0.3 is 9.73 Å². The number of nitrogens with one attached hydrogen (secondary N) is 1. The summed E-state index contributed by atoms with van der Waals surface area (Å²) < 4.78 is 18.3. The highest BCUT2D eigenvalue weighted by Crippen LogP contribution is 2.19. The van der Waals surface area contributed by atoms with Gasteiger partial charge in [-0.2, -0.15) is 0 Å². The number of hydrogen-bond donors (Lipinski definition) is 1. The van der Waals surface area contributed by atoms with E-state index < -0.39 is 0 Å². The number of nitrogens with zero attached hydrogens (tertiary/aromatic N) is 1. The third-order valence-corrected chi connectivity index (χ3v) is 3.52. The van der Waals surface area contributed by atoms with Gasteiger partial charge in [-0.3, -0.25) is 0 Å². The lowest BCUT2D eigenvalue weighted by atomic mass is 10.1. The molecule has 0 spiro atoms. The van der Waals surface area contributed by atoms with Gasteiger partial charge in [0.1, 0.15) is 12.1 Å². The highest BCUT2D eigenvalue weighted by atomic mass is 19.1. The third-order valence-electron chi connectivity index (χ3n) is 3.52. The molecule has 1 aromatic heterocycles. The summed E-state index contributed by atoms with van der Waals surface area (Å²) in [6.07, 6.45) is 6.62. The Bertz CT molecular complexity index is 536. The number of halogens is 1. The molecule has 21 heavy (non-hydrogen) atoms. The molecule has 1 atom stereocenters. The van der Waals surface area contributed by atoms with Crippen molar-refractivity contribution in [3.05, 3.63) is 42.0 Å². The van der Waals surface area contributed by atoms with Crippen molar-refractivity contribution in [1.29, 1.82) is 0 Å². The van der Waals surface area contributed by atoms with E-state index in [9.17, 15) is 4.39 Å². The number of aromatic nitrogens is 1. The molecule has 1 N–H and O–H groups in total. The lowest BCUT2D eigenvalue weighted by Gasteiger charge is -2.11. The molecule has 3 nitrogen and oxygen atoms in total. The molecule has 1 heterocycles. The van der Waals surface area contributed by atoms with Crippen LogP contribution < -0.4 is 5.32 Å². The molecular weight excluding hydrogens is 267 g/mol. The molecule has 1 aromatic carbocycles. The number of rotatable bonds is 8. The quantitative estimate of drug-likeness (QED) is 0.725. The average Bonchev–Trinajstić information content (AvgIpc) is 2.95. The van der Waals surface area contributed by atoms with Crippen LogP contribution >= 0.6 is 0 Å². The van der Waals surface area contributed by atoms with Crippen LogP contribution in [0.3, 0.4) is 0 Å². The van der Waals surface area contributed by atoms with Crippen molar-refractivity contribution in [2.45, 2.75) is 52.1 Å². The Balaban J connectivity index is 1.84. The van der Waals surface area contributed by atoms with Gasteiger partial charge in [0, 0.05) is 18.2 Å². The number of unbranched alkanes of at least 4 members (excludes halogenated alkanes) is 2.